The lowest BCUT2D eigenvalue weighted by Crippen LogP contribution is -2.49. The van der Waals surface area contributed by atoms with E-state index in [9.17, 15) is 9.18 Å². The minimum Gasteiger partial charge on any atom is -0.491 e. The Morgan fingerprint density at radius 2 is 1.89 bits per heavy atom. The summed E-state index contributed by atoms with van der Waals surface area (Å²) < 4.78 is 21.7. The van der Waals surface area contributed by atoms with Crippen LogP contribution in [0.4, 0.5) is 16.0 Å². The zero-order valence-corrected chi connectivity index (χ0v) is 22.6. The van der Waals surface area contributed by atoms with Gasteiger partial charge in [-0.2, -0.15) is 9.61 Å². The highest BCUT2D eigenvalue weighted by Gasteiger charge is 2.33. The summed E-state index contributed by atoms with van der Waals surface area (Å²) in [6.45, 7) is 4.04. The number of fused-ring (bicyclic) bond motifs is 4. The molecule has 2 fully saturated rings. The first-order valence-corrected chi connectivity index (χ1v) is 13.7. The maximum absolute atomic E-state index is 14.0. The third kappa shape index (κ3) is 4.75. The fraction of sp³-hybridized carbons (Fsp3) is 0.519. The fourth-order valence-electron chi connectivity index (χ4n) is 5.46. The van der Waals surface area contributed by atoms with Crippen LogP contribution in [-0.4, -0.2) is 96.4 Å². The predicted molar refractivity (Wildman–Crippen MR) is 145 cm³/mol. The molecule has 3 aliphatic heterocycles. The molecular formula is C27H33ClFN7O2. The highest BCUT2D eigenvalue weighted by atomic mass is 35.5. The summed E-state index contributed by atoms with van der Waals surface area (Å²) in [5.41, 5.74) is 1.98. The molecule has 2 saturated heterocycles. The molecule has 11 heteroatoms. The van der Waals surface area contributed by atoms with Gasteiger partial charge in [0.2, 0.25) is 0 Å². The summed E-state index contributed by atoms with van der Waals surface area (Å²) in [7, 11) is 4.09. The lowest BCUT2D eigenvalue weighted by atomic mass is 9.98. The molecule has 3 aromatic rings. The SMILES string of the molecule is CN1CCOc2ccc(Cl)cc2C(=O)N2CCCCC2c2cc3nc(N4CC(F)C4)cc(n3n2)N(C)CC1. The number of ether oxygens (including phenoxy) is 1. The van der Waals surface area contributed by atoms with Crippen LogP contribution in [0.25, 0.3) is 5.65 Å². The summed E-state index contributed by atoms with van der Waals surface area (Å²) in [6, 6.07) is 9.02. The number of aromatic nitrogens is 3. The molecule has 0 spiro atoms. The second kappa shape index (κ2) is 10.2. The maximum atomic E-state index is 14.0. The molecule has 1 aromatic carbocycles. The molecule has 0 saturated carbocycles. The van der Waals surface area contributed by atoms with Crippen LogP contribution in [0, 0.1) is 0 Å². The van der Waals surface area contributed by atoms with E-state index in [0.717, 1.165) is 49.7 Å². The third-order valence-corrected chi connectivity index (χ3v) is 8.03. The van der Waals surface area contributed by atoms with Crippen molar-refractivity contribution in [3.05, 3.63) is 46.6 Å². The van der Waals surface area contributed by atoms with Crippen molar-refractivity contribution in [1.29, 1.82) is 0 Å². The number of hydrogen-bond donors (Lipinski definition) is 0. The van der Waals surface area contributed by atoms with Crippen molar-refractivity contribution in [2.75, 3.05) is 69.8 Å². The summed E-state index contributed by atoms with van der Waals surface area (Å²) in [5.74, 6) is 2.08. The quantitative estimate of drug-likeness (QED) is 0.465. The molecule has 2 aromatic heterocycles. The van der Waals surface area contributed by atoms with Gasteiger partial charge in [0.1, 0.15) is 30.2 Å². The van der Waals surface area contributed by atoms with Crippen LogP contribution in [0.15, 0.2) is 30.3 Å². The fourth-order valence-corrected chi connectivity index (χ4v) is 5.63. The monoisotopic (exact) mass is 541 g/mol. The number of anilines is 2. The van der Waals surface area contributed by atoms with Gasteiger partial charge in [0.15, 0.2) is 5.65 Å². The van der Waals surface area contributed by atoms with E-state index in [1.807, 2.05) is 40.5 Å². The standard InChI is InChI=1S/C27H33ClFN7O2/c1-32-9-10-33(2)26-15-24(34-16-19(29)17-34)30-25-14-21(31-36(25)26)22-5-3-4-8-35(22)27(37)20-13-18(28)6-7-23(20)38-12-11-32/h6-7,13-15,19,22H,3-5,8-12,16-17H2,1-2H3. The number of rotatable bonds is 1. The lowest BCUT2D eigenvalue weighted by Gasteiger charge is -2.36. The Hall–Kier alpha value is -3.11. The summed E-state index contributed by atoms with van der Waals surface area (Å²) >= 11 is 6.33. The first kappa shape index (κ1) is 25.2. The van der Waals surface area contributed by atoms with Crippen molar-refractivity contribution in [2.24, 2.45) is 0 Å². The molecule has 1 amide bonds. The highest BCUT2D eigenvalue weighted by Crippen LogP contribution is 2.35. The zero-order chi connectivity index (χ0) is 26.4. The second-order valence-electron chi connectivity index (χ2n) is 10.5. The van der Waals surface area contributed by atoms with Crippen LogP contribution in [0.3, 0.4) is 0 Å². The van der Waals surface area contributed by atoms with Crippen LogP contribution in [0.2, 0.25) is 5.02 Å². The molecule has 202 valence electrons. The largest absolute Gasteiger partial charge is 0.491 e. The van der Waals surface area contributed by atoms with Gasteiger partial charge in [-0.15, -0.1) is 0 Å². The van der Waals surface area contributed by atoms with Gasteiger partial charge in [-0.1, -0.05) is 11.6 Å². The van der Waals surface area contributed by atoms with E-state index < -0.39 is 6.17 Å². The van der Waals surface area contributed by atoms with Crippen molar-refractivity contribution in [1.82, 2.24) is 24.4 Å². The molecule has 1 unspecified atom stereocenters. The van der Waals surface area contributed by atoms with Crippen LogP contribution in [0.5, 0.6) is 5.75 Å². The van der Waals surface area contributed by atoms with Crippen LogP contribution >= 0.6 is 11.6 Å². The minimum absolute atomic E-state index is 0.106. The summed E-state index contributed by atoms with van der Waals surface area (Å²) in [6.07, 6.45) is 1.92. The van der Waals surface area contributed by atoms with Crippen molar-refractivity contribution < 1.29 is 13.9 Å². The van der Waals surface area contributed by atoms with Crippen LogP contribution < -0.4 is 14.5 Å². The minimum atomic E-state index is -0.821. The number of carbonyl (C=O) groups is 1. The predicted octanol–water partition coefficient (Wildman–Crippen LogP) is 3.67. The lowest BCUT2D eigenvalue weighted by molar-refractivity contribution is 0.0601. The molecule has 0 radical (unpaired) electrons. The third-order valence-electron chi connectivity index (χ3n) is 7.79. The van der Waals surface area contributed by atoms with Crippen LogP contribution in [0.1, 0.15) is 41.4 Å². The number of halogens is 2. The van der Waals surface area contributed by atoms with Gasteiger partial charge in [-0.3, -0.25) is 4.79 Å². The molecule has 3 aliphatic rings. The van der Waals surface area contributed by atoms with E-state index in [0.29, 0.717) is 54.8 Å². The number of alkyl halides is 1. The number of hydrogen-bond acceptors (Lipinski definition) is 7. The molecular weight excluding hydrogens is 509 g/mol. The number of carbonyl (C=O) groups excluding carboxylic acids is 1. The summed E-state index contributed by atoms with van der Waals surface area (Å²) in [5, 5.41) is 5.50. The average Bonchev–Trinajstić information content (AvgIpc) is 3.33. The molecule has 9 nitrogen and oxygen atoms in total. The van der Waals surface area contributed by atoms with Crippen molar-refractivity contribution in [2.45, 2.75) is 31.5 Å². The smallest absolute Gasteiger partial charge is 0.258 e. The Kier molecular flexibility index (Phi) is 6.77. The van der Waals surface area contributed by atoms with Crippen molar-refractivity contribution >= 4 is 34.8 Å². The van der Waals surface area contributed by atoms with Gasteiger partial charge < -0.3 is 24.3 Å². The van der Waals surface area contributed by atoms with E-state index in [2.05, 4.69) is 9.80 Å². The van der Waals surface area contributed by atoms with E-state index in [1.165, 1.54) is 0 Å². The van der Waals surface area contributed by atoms with E-state index in [4.69, 9.17) is 26.4 Å². The molecule has 38 heavy (non-hydrogen) atoms. The van der Waals surface area contributed by atoms with E-state index >= 15 is 0 Å². The van der Waals surface area contributed by atoms with Crippen LogP contribution in [-0.2, 0) is 0 Å². The normalized spacial score (nSPS) is 21.8. The van der Waals surface area contributed by atoms with Gasteiger partial charge in [0.05, 0.1) is 30.4 Å². The molecule has 0 N–H and O–H groups in total. The number of benzene rings is 1. The molecule has 6 rings (SSSR count). The Bertz CT molecular complexity index is 1340. The van der Waals surface area contributed by atoms with Gasteiger partial charge >= 0.3 is 0 Å². The zero-order valence-electron chi connectivity index (χ0n) is 21.8. The molecule has 2 bridgehead atoms. The molecule has 0 aliphatic carbocycles. The second-order valence-corrected chi connectivity index (χ2v) is 11.0. The summed E-state index contributed by atoms with van der Waals surface area (Å²) in [4.78, 5) is 27.0. The van der Waals surface area contributed by atoms with E-state index in [-0.39, 0.29) is 11.9 Å². The Labute approximate surface area is 226 Å². The Balaban J connectivity index is 1.45. The van der Waals surface area contributed by atoms with Gasteiger partial charge in [-0.25, -0.2) is 9.37 Å². The first-order chi connectivity index (χ1) is 18.4. The number of nitrogens with zero attached hydrogens (tertiary/aromatic N) is 7. The van der Waals surface area contributed by atoms with Gasteiger partial charge in [-0.05, 0) is 44.5 Å². The Morgan fingerprint density at radius 3 is 2.71 bits per heavy atom. The first-order valence-electron chi connectivity index (χ1n) is 13.3. The maximum Gasteiger partial charge on any atom is 0.258 e. The Morgan fingerprint density at radius 1 is 1.05 bits per heavy atom. The average molecular weight is 542 g/mol. The van der Waals surface area contributed by atoms with Gasteiger partial charge in [0.25, 0.3) is 5.91 Å². The molecule has 1 atom stereocenters. The van der Waals surface area contributed by atoms with Crippen molar-refractivity contribution in [3.8, 4) is 5.75 Å². The number of amides is 1. The van der Waals surface area contributed by atoms with Gasteiger partial charge in [0, 0.05) is 50.4 Å². The number of likely N-dealkylation sites (N-methyl/N-ethyl adjacent to an activating group) is 2. The topological polar surface area (TPSA) is 69.5 Å². The highest BCUT2D eigenvalue weighted by molar-refractivity contribution is 6.31. The molecule has 5 heterocycles. The van der Waals surface area contributed by atoms with E-state index in [1.54, 1.807) is 18.2 Å². The number of piperidine rings is 1. The van der Waals surface area contributed by atoms with Crippen molar-refractivity contribution in [3.63, 3.8) is 0 Å².